The van der Waals surface area contributed by atoms with Crippen molar-refractivity contribution in [3.05, 3.63) is 23.8 Å². The van der Waals surface area contributed by atoms with Crippen LogP contribution in [0.1, 0.15) is 51.5 Å². The summed E-state index contributed by atoms with van der Waals surface area (Å²) in [6.45, 7) is 6.97. The maximum Gasteiger partial charge on any atom is 0.160 e. The predicted octanol–water partition coefficient (Wildman–Crippen LogP) is 4.58. The van der Waals surface area contributed by atoms with Crippen LogP contribution in [0.3, 0.4) is 0 Å². The Balaban J connectivity index is 2.28. The molecule has 0 aliphatic heterocycles. The molecule has 2 nitrogen and oxygen atoms in total. The van der Waals surface area contributed by atoms with Gasteiger partial charge in [-0.2, -0.15) is 0 Å². The van der Waals surface area contributed by atoms with Crippen molar-refractivity contribution in [2.45, 2.75) is 46.0 Å². The number of rotatable bonds is 3. The number of hydrogen-bond donors (Lipinski definition) is 1. The second kappa shape index (κ2) is 5.85. The van der Waals surface area contributed by atoms with Gasteiger partial charge in [0.1, 0.15) is 0 Å². The third-order valence-electron chi connectivity index (χ3n) is 4.65. The van der Waals surface area contributed by atoms with Crippen LogP contribution in [0.15, 0.2) is 18.2 Å². The van der Waals surface area contributed by atoms with Gasteiger partial charge in [0, 0.05) is 0 Å². The Morgan fingerprint density at radius 2 is 2.00 bits per heavy atom. The maximum atomic E-state index is 9.99. The highest BCUT2D eigenvalue weighted by Crippen LogP contribution is 2.45. The number of methoxy groups -OCH3 is 1. The molecule has 1 aliphatic rings. The lowest BCUT2D eigenvalue weighted by Crippen LogP contribution is -2.26. The van der Waals surface area contributed by atoms with E-state index in [1.807, 2.05) is 12.1 Å². The molecule has 1 fully saturated rings. The Hall–Kier alpha value is -1.18. The molecule has 1 aliphatic carbocycles. The third kappa shape index (κ3) is 3.05. The van der Waals surface area contributed by atoms with Crippen molar-refractivity contribution in [3.8, 4) is 11.5 Å². The fourth-order valence-corrected chi connectivity index (χ4v) is 3.52. The van der Waals surface area contributed by atoms with Crippen LogP contribution in [0.4, 0.5) is 0 Å². The molecule has 1 saturated carbocycles. The van der Waals surface area contributed by atoms with Crippen LogP contribution in [-0.4, -0.2) is 12.2 Å². The van der Waals surface area contributed by atoms with E-state index in [0.717, 1.165) is 11.8 Å². The summed E-state index contributed by atoms with van der Waals surface area (Å²) in [6.07, 6.45) is 3.87. The summed E-state index contributed by atoms with van der Waals surface area (Å²) >= 11 is 0. The van der Waals surface area contributed by atoms with Crippen LogP contribution in [0.25, 0.3) is 0 Å². The van der Waals surface area contributed by atoms with Gasteiger partial charge in [-0.15, -0.1) is 0 Å². The summed E-state index contributed by atoms with van der Waals surface area (Å²) in [6, 6.07) is 5.91. The molecule has 1 aromatic rings. The van der Waals surface area contributed by atoms with Crippen LogP contribution in [0, 0.1) is 17.8 Å². The minimum Gasteiger partial charge on any atom is -0.504 e. The minimum absolute atomic E-state index is 0.265. The van der Waals surface area contributed by atoms with Crippen LogP contribution in [0.2, 0.25) is 0 Å². The number of phenolic OH excluding ortho intramolecular Hbond substituents is 1. The second-order valence-corrected chi connectivity index (χ2v) is 6.36. The van der Waals surface area contributed by atoms with E-state index in [1.165, 1.54) is 24.8 Å². The molecule has 0 radical (unpaired) electrons. The van der Waals surface area contributed by atoms with Crippen LogP contribution in [-0.2, 0) is 0 Å². The molecule has 2 heteroatoms. The molecule has 0 amide bonds. The van der Waals surface area contributed by atoms with E-state index in [2.05, 4.69) is 26.8 Å². The monoisotopic (exact) mass is 262 g/mol. The summed E-state index contributed by atoms with van der Waals surface area (Å²) in [5.41, 5.74) is 1.27. The summed E-state index contributed by atoms with van der Waals surface area (Å²) in [4.78, 5) is 0. The van der Waals surface area contributed by atoms with Gasteiger partial charge in [-0.1, -0.05) is 33.3 Å². The number of phenols is 1. The normalized spacial score (nSPS) is 27.5. The fourth-order valence-electron chi connectivity index (χ4n) is 3.52. The molecule has 0 saturated heterocycles. The van der Waals surface area contributed by atoms with Crippen LogP contribution < -0.4 is 4.74 Å². The summed E-state index contributed by atoms with van der Waals surface area (Å²) in [5, 5.41) is 9.99. The smallest absolute Gasteiger partial charge is 0.160 e. The molecule has 106 valence electrons. The van der Waals surface area contributed by atoms with Crippen molar-refractivity contribution < 1.29 is 9.84 Å². The van der Waals surface area contributed by atoms with E-state index < -0.39 is 0 Å². The predicted molar refractivity (Wildman–Crippen MR) is 78.7 cm³/mol. The van der Waals surface area contributed by atoms with Gasteiger partial charge in [-0.3, -0.25) is 0 Å². The van der Waals surface area contributed by atoms with Gasteiger partial charge in [0.2, 0.25) is 0 Å². The van der Waals surface area contributed by atoms with E-state index in [0.29, 0.717) is 17.6 Å². The topological polar surface area (TPSA) is 29.5 Å². The number of aromatic hydroxyl groups is 1. The molecule has 0 heterocycles. The van der Waals surface area contributed by atoms with E-state index in [9.17, 15) is 5.11 Å². The summed E-state index contributed by atoms with van der Waals surface area (Å²) in [5.74, 6) is 3.60. The molecular weight excluding hydrogens is 236 g/mol. The van der Waals surface area contributed by atoms with Crippen molar-refractivity contribution in [2.75, 3.05) is 7.11 Å². The van der Waals surface area contributed by atoms with Gasteiger partial charge in [0.15, 0.2) is 11.5 Å². The highest BCUT2D eigenvalue weighted by molar-refractivity contribution is 5.43. The Labute approximate surface area is 116 Å². The molecule has 19 heavy (non-hydrogen) atoms. The van der Waals surface area contributed by atoms with Gasteiger partial charge in [0.25, 0.3) is 0 Å². The number of hydrogen-bond acceptors (Lipinski definition) is 2. The molecular formula is C17H26O2. The molecule has 0 unspecified atom stereocenters. The lowest BCUT2D eigenvalue weighted by atomic mass is 9.67. The average molecular weight is 262 g/mol. The van der Waals surface area contributed by atoms with E-state index in [4.69, 9.17) is 4.74 Å². The molecule has 0 aromatic heterocycles. The molecule has 2 rings (SSSR count). The van der Waals surface area contributed by atoms with Gasteiger partial charge in [0.05, 0.1) is 7.11 Å². The fraction of sp³-hybridized carbons (Fsp3) is 0.647. The molecule has 1 aromatic carbocycles. The summed E-state index contributed by atoms with van der Waals surface area (Å²) in [7, 11) is 1.59. The van der Waals surface area contributed by atoms with Gasteiger partial charge >= 0.3 is 0 Å². The first-order valence-electron chi connectivity index (χ1n) is 7.39. The van der Waals surface area contributed by atoms with Gasteiger partial charge in [-0.05, 0) is 54.2 Å². The Morgan fingerprint density at radius 3 is 2.58 bits per heavy atom. The zero-order valence-corrected chi connectivity index (χ0v) is 12.5. The van der Waals surface area contributed by atoms with Gasteiger partial charge < -0.3 is 9.84 Å². The summed E-state index contributed by atoms with van der Waals surface area (Å²) < 4.78 is 5.13. The highest BCUT2D eigenvalue weighted by Gasteiger charge is 2.31. The zero-order chi connectivity index (χ0) is 14.0. The van der Waals surface area contributed by atoms with E-state index in [-0.39, 0.29) is 5.75 Å². The van der Waals surface area contributed by atoms with E-state index >= 15 is 0 Å². The van der Waals surface area contributed by atoms with Crippen molar-refractivity contribution in [1.82, 2.24) is 0 Å². The zero-order valence-electron chi connectivity index (χ0n) is 12.5. The average Bonchev–Trinajstić information content (AvgIpc) is 2.38. The van der Waals surface area contributed by atoms with Crippen molar-refractivity contribution >= 4 is 0 Å². The molecule has 0 spiro atoms. The highest BCUT2D eigenvalue weighted by atomic mass is 16.5. The largest absolute Gasteiger partial charge is 0.504 e. The Kier molecular flexibility index (Phi) is 4.38. The molecule has 1 N–H and O–H groups in total. The SMILES string of the molecule is COc1ccc([C@@H]2C[C@H](C)CC[C@H]2C(C)C)cc1O. The third-order valence-corrected chi connectivity index (χ3v) is 4.65. The molecule has 3 atom stereocenters. The Morgan fingerprint density at radius 1 is 1.26 bits per heavy atom. The Bertz CT molecular complexity index is 425. The van der Waals surface area contributed by atoms with Crippen LogP contribution >= 0.6 is 0 Å². The maximum absolute atomic E-state index is 9.99. The lowest BCUT2D eigenvalue weighted by molar-refractivity contribution is 0.197. The second-order valence-electron chi connectivity index (χ2n) is 6.36. The standard InChI is InChI=1S/C17H26O2/c1-11(2)14-7-5-12(3)9-15(14)13-6-8-17(19-4)16(18)10-13/h6,8,10-12,14-15,18H,5,7,9H2,1-4H3/t12-,14+,15+/m1/s1. The first-order valence-corrected chi connectivity index (χ1v) is 7.39. The molecule has 0 bridgehead atoms. The van der Waals surface area contributed by atoms with Crippen molar-refractivity contribution in [3.63, 3.8) is 0 Å². The van der Waals surface area contributed by atoms with Crippen LogP contribution in [0.5, 0.6) is 11.5 Å². The first kappa shape index (κ1) is 14.2. The first-order chi connectivity index (χ1) is 9.02. The van der Waals surface area contributed by atoms with E-state index in [1.54, 1.807) is 7.11 Å². The van der Waals surface area contributed by atoms with Crippen molar-refractivity contribution in [1.29, 1.82) is 0 Å². The minimum atomic E-state index is 0.265. The number of benzene rings is 1. The van der Waals surface area contributed by atoms with Gasteiger partial charge in [-0.25, -0.2) is 0 Å². The quantitative estimate of drug-likeness (QED) is 0.864. The van der Waals surface area contributed by atoms with Crippen molar-refractivity contribution in [2.24, 2.45) is 17.8 Å². The number of ether oxygens (including phenoxy) is 1. The lowest BCUT2D eigenvalue weighted by Gasteiger charge is -2.37.